The molecule has 1 aromatic carbocycles. The van der Waals surface area contributed by atoms with Crippen molar-refractivity contribution in [2.75, 3.05) is 0 Å². The Morgan fingerprint density at radius 2 is 2.12 bits per heavy atom. The van der Waals surface area contributed by atoms with E-state index in [4.69, 9.17) is 9.84 Å². The van der Waals surface area contributed by atoms with Gasteiger partial charge in [0.15, 0.2) is 0 Å². The van der Waals surface area contributed by atoms with Crippen molar-refractivity contribution in [2.45, 2.75) is 6.61 Å². The normalized spacial score (nSPS) is 10.1. The summed E-state index contributed by atoms with van der Waals surface area (Å²) < 4.78 is 6.41. The van der Waals surface area contributed by atoms with Gasteiger partial charge < -0.3 is 9.84 Å². The van der Waals surface area contributed by atoms with Crippen LogP contribution in [0.25, 0.3) is 0 Å². The molecule has 3 nitrogen and oxygen atoms in total. The highest BCUT2D eigenvalue weighted by Crippen LogP contribution is 2.26. The Hall–Kier alpha value is -1.39. The number of halogens is 1. The van der Waals surface area contributed by atoms with Crippen molar-refractivity contribution in [3.8, 4) is 11.5 Å². The first-order valence-corrected chi connectivity index (χ1v) is 5.56. The Morgan fingerprint density at radius 1 is 1.25 bits per heavy atom. The van der Waals surface area contributed by atoms with Crippen LogP contribution in [0.5, 0.6) is 11.5 Å². The molecule has 0 aliphatic rings. The molecule has 1 aromatic heterocycles. The third-order valence-corrected chi connectivity index (χ3v) is 2.80. The summed E-state index contributed by atoms with van der Waals surface area (Å²) in [5, 5.41) is 9.02. The highest BCUT2D eigenvalue weighted by molar-refractivity contribution is 9.10. The molecule has 0 unspecified atom stereocenters. The van der Waals surface area contributed by atoms with Crippen LogP contribution >= 0.6 is 15.9 Å². The minimum absolute atomic E-state index is 0.00769. The summed E-state index contributed by atoms with van der Waals surface area (Å²) in [6.07, 6.45) is 3.34. The van der Waals surface area contributed by atoms with Crippen molar-refractivity contribution in [3.05, 3.63) is 52.8 Å². The maximum atomic E-state index is 9.02. The molecule has 0 aliphatic carbocycles. The van der Waals surface area contributed by atoms with Crippen LogP contribution in [0.2, 0.25) is 0 Å². The molecule has 0 atom stereocenters. The highest BCUT2D eigenvalue weighted by atomic mass is 79.9. The van der Waals surface area contributed by atoms with Gasteiger partial charge in [-0.25, -0.2) is 0 Å². The van der Waals surface area contributed by atoms with Crippen LogP contribution in [-0.2, 0) is 6.61 Å². The zero-order chi connectivity index (χ0) is 11.4. The van der Waals surface area contributed by atoms with Gasteiger partial charge in [-0.2, -0.15) is 0 Å². The number of ether oxygens (including phenoxy) is 1. The van der Waals surface area contributed by atoms with Gasteiger partial charge in [0, 0.05) is 10.7 Å². The fourth-order valence-corrected chi connectivity index (χ4v) is 1.75. The van der Waals surface area contributed by atoms with E-state index in [1.165, 1.54) is 0 Å². The van der Waals surface area contributed by atoms with E-state index in [2.05, 4.69) is 20.9 Å². The number of aliphatic hydroxyl groups is 1. The molecule has 0 bridgehead atoms. The summed E-state index contributed by atoms with van der Waals surface area (Å²) in [5.41, 5.74) is 0.832. The van der Waals surface area contributed by atoms with E-state index in [-0.39, 0.29) is 6.61 Å². The molecule has 0 spiro atoms. The Balaban J connectivity index is 2.20. The van der Waals surface area contributed by atoms with Crippen LogP contribution < -0.4 is 4.74 Å². The molecule has 4 heteroatoms. The average molecular weight is 280 g/mol. The lowest BCUT2D eigenvalue weighted by molar-refractivity contribution is 0.281. The minimum Gasteiger partial charge on any atom is -0.456 e. The third-order valence-electron chi connectivity index (χ3n) is 2.06. The monoisotopic (exact) mass is 279 g/mol. The first-order chi connectivity index (χ1) is 7.79. The lowest BCUT2D eigenvalue weighted by Crippen LogP contribution is -1.88. The fraction of sp³-hybridized carbons (Fsp3) is 0.0833. The van der Waals surface area contributed by atoms with Crippen LogP contribution in [0.15, 0.2) is 47.2 Å². The van der Waals surface area contributed by atoms with E-state index >= 15 is 0 Å². The van der Waals surface area contributed by atoms with Crippen molar-refractivity contribution >= 4 is 15.9 Å². The highest BCUT2D eigenvalue weighted by Gasteiger charge is 2.02. The third kappa shape index (κ3) is 2.59. The van der Waals surface area contributed by atoms with E-state index in [0.717, 1.165) is 10.0 Å². The Kier molecular flexibility index (Phi) is 3.54. The molecular weight excluding hydrogens is 270 g/mol. The molecule has 0 radical (unpaired) electrons. The molecule has 82 valence electrons. The predicted molar refractivity (Wildman–Crippen MR) is 64.4 cm³/mol. The first-order valence-electron chi connectivity index (χ1n) is 4.77. The van der Waals surface area contributed by atoms with Crippen LogP contribution in [0.3, 0.4) is 0 Å². The summed E-state index contributed by atoms with van der Waals surface area (Å²) in [5.74, 6) is 1.39. The second kappa shape index (κ2) is 5.09. The standard InChI is InChI=1S/C12H10BrNO2/c13-12-6-10(4-3-9(12)8-15)16-11-2-1-5-14-7-11/h1-7,15H,8H2. The molecule has 1 N–H and O–H groups in total. The van der Waals surface area contributed by atoms with Gasteiger partial charge in [-0.1, -0.05) is 22.0 Å². The summed E-state index contributed by atoms with van der Waals surface area (Å²) >= 11 is 3.37. The molecule has 0 saturated carbocycles. The fourth-order valence-electron chi connectivity index (χ4n) is 1.26. The lowest BCUT2D eigenvalue weighted by Gasteiger charge is -2.07. The van der Waals surface area contributed by atoms with Crippen LogP contribution in [0.4, 0.5) is 0 Å². The molecule has 0 fully saturated rings. The van der Waals surface area contributed by atoms with Gasteiger partial charge in [0.05, 0.1) is 12.8 Å². The summed E-state index contributed by atoms with van der Waals surface area (Å²) in [4.78, 5) is 3.96. The number of hydrogen-bond donors (Lipinski definition) is 1. The number of pyridine rings is 1. The van der Waals surface area contributed by atoms with E-state index in [9.17, 15) is 0 Å². The quantitative estimate of drug-likeness (QED) is 0.939. The van der Waals surface area contributed by atoms with Crippen molar-refractivity contribution in [2.24, 2.45) is 0 Å². The number of benzene rings is 1. The predicted octanol–water partition coefficient (Wildman–Crippen LogP) is 3.13. The SMILES string of the molecule is OCc1ccc(Oc2cccnc2)cc1Br. The van der Waals surface area contributed by atoms with Gasteiger partial charge in [0.1, 0.15) is 11.5 Å². The number of hydrogen-bond acceptors (Lipinski definition) is 3. The van der Waals surface area contributed by atoms with Gasteiger partial charge in [-0.15, -0.1) is 0 Å². The van der Waals surface area contributed by atoms with Crippen molar-refractivity contribution in [1.82, 2.24) is 4.98 Å². The van der Waals surface area contributed by atoms with Crippen LogP contribution in [-0.4, -0.2) is 10.1 Å². The molecule has 2 aromatic rings. The maximum Gasteiger partial charge on any atom is 0.145 e. The summed E-state index contributed by atoms with van der Waals surface area (Å²) in [7, 11) is 0. The molecule has 1 heterocycles. The largest absolute Gasteiger partial charge is 0.456 e. The summed E-state index contributed by atoms with van der Waals surface area (Å²) in [6, 6.07) is 9.09. The molecule has 0 amide bonds. The number of aromatic nitrogens is 1. The number of aliphatic hydroxyl groups excluding tert-OH is 1. The van der Waals surface area contributed by atoms with Gasteiger partial charge in [-0.3, -0.25) is 4.98 Å². The van der Waals surface area contributed by atoms with E-state index < -0.39 is 0 Å². The zero-order valence-corrected chi connectivity index (χ0v) is 10.0. The van der Waals surface area contributed by atoms with Gasteiger partial charge >= 0.3 is 0 Å². The van der Waals surface area contributed by atoms with Gasteiger partial charge in [-0.05, 0) is 29.8 Å². The molecule has 0 saturated heterocycles. The van der Waals surface area contributed by atoms with Gasteiger partial charge in [0.2, 0.25) is 0 Å². The van der Waals surface area contributed by atoms with E-state index in [1.807, 2.05) is 30.3 Å². The lowest BCUT2D eigenvalue weighted by atomic mass is 10.2. The second-order valence-corrected chi connectivity index (χ2v) is 4.06. The van der Waals surface area contributed by atoms with E-state index in [0.29, 0.717) is 11.5 Å². The summed E-state index contributed by atoms with van der Waals surface area (Å²) in [6.45, 7) is 0.00769. The zero-order valence-electron chi connectivity index (χ0n) is 8.43. The van der Waals surface area contributed by atoms with Crippen molar-refractivity contribution < 1.29 is 9.84 Å². The Labute approximate surface area is 102 Å². The van der Waals surface area contributed by atoms with Gasteiger partial charge in [0.25, 0.3) is 0 Å². The Bertz CT molecular complexity index is 474. The van der Waals surface area contributed by atoms with Crippen LogP contribution in [0, 0.1) is 0 Å². The molecule has 2 rings (SSSR count). The van der Waals surface area contributed by atoms with Crippen molar-refractivity contribution in [3.63, 3.8) is 0 Å². The number of nitrogens with zero attached hydrogens (tertiary/aromatic N) is 1. The number of rotatable bonds is 3. The molecule has 0 aliphatic heterocycles. The molecule has 16 heavy (non-hydrogen) atoms. The maximum absolute atomic E-state index is 9.02. The van der Waals surface area contributed by atoms with Crippen LogP contribution in [0.1, 0.15) is 5.56 Å². The average Bonchev–Trinajstić information content (AvgIpc) is 2.31. The topological polar surface area (TPSA) is 42.4 Å². The van der Waals surface area contributed by atoms with E-state index in [1.54, 1.807) is 12.4 Å². The smallest absolute Gasteiger partial charge is 0.145 e. The second-order valence-electron chi connectivity index (χ2n) is 3.20. The minimum atomic E-state index is 0.00769. The Morgan fingerprint density at radius 3 is 2.75 bits per heavy atom. The van der Waals surface area contributed by atoms with Crippen molar-refractivity contribution in [1.29, 1.82) is 0 Å². The first kappa shape index (κ1) is 11.1. The molecular formula is C12H10BrNO2.